The third-order valence-corrected chi connectivity index (χ3v) is 6.09. The van der Waals surface area contributed by atoms with Gasteiger partial charge in [0.05, 0.1) is 5.60 Å². The monoisotopic (exact) mass is 355 g/mol. The first-order chi connectivity index (χ1) is 12.6. The van der Waals surface area contributed by atoms with Gasteiger partial charge in [-0.25, -0.2) is 14.4 Å². The van der Waals surface area contributed by atoms with Gasteiger partial charge in [-0.1, -0.05) is 19.1 Å². The van der Waals surface area contributed by atoms with Gasteiger partial charge in [-0.3, -0.25) is 4.90 Å². The van der Waals surface area contributed by atoms with E-state index in [0.717, 1.165) is 62.3 Å². The van der Waals surface area contributed by atoms with E-state index < -0.39 is 5.60 Å². The number of aromatic nitrogens is 2. The minimum absolute atomic E-state index is 0.192. The summed E-state index contributed by atoms with van der Waals surface area (Å²) in [6.07, 6.45) is 7.59. The molecule has 2 aromatic rings. The Balaban J connectivity index is 1.51. The number of aryl methyl sites for hydroxylation is 1. The van der Waals surface area contributed by atoms with Crippen LogP contribution in [0.3, 0.4) is 0 Å². The van der Waals surface area contributed by atoms with Crippen molar-refractivity contribution in [2.45, 2.75) is 44.8 Å². The molecule has 0 spiro atoms. The average Bonchev–Trinajstić information content (AvgIpc) is 3.07. The van der Waals surface area contributed by atoms with Crippen LogP contribution in [-0.2, 0) is 18.6 Å². The van der Waals surface area contributed by atoms with Crippen molar-refractivity contribution in [2.75, 3.05) is 13.1 Å². The molecule has 1 aliphatic heterocycles. The normalized spacial score (nSPS) is 28.9. The van der Waals surface area contributed by atoms with Crippen LogP contribution in [0.25, 0.3) is 0 Å². The average molecular weight is 355 g/mol. The predicted octanol–water partition coefficient (Wildman–Crippen LogP) is 3.30. The fourth-order valence-electron chi connectivity index (χ4n) is 4.74. The molecule has 0 radical (unpaired) electrons. The molecule has 4 nitrogen and oxygen atoms in total. The molecule has 1 saturated carbocycles. The van der Waals surface area contributed by atoms with E-state index in [1.54, 1.807) is 12.1 Å². The second-order valence-electron chi connectivity index (χ2n) is 7.75. The summed E-state index contributed by atoms with van der Waals surface area (Å²) in [6, 6.07) is 6.40. The standard InChI is InChI=1S/C21H26FN3O/c1-2-20-23-10-15(11-24-20)12-25-13-16-4-3-9-21(26,19(16)14-25)17-5-7-18(22)8-6-17/h5-8,10-11,16,19,26H,2-4,9,12-14H2,1H3/t16-,19-,21+/m0/s1. The topological polar surface area (TPSA) is 49.2 Å². The van der Waals surface area contributed by atoms with Gasteiger partial charge in [-0.15, -0.1) is 0 Å². The van der Waals surface area contributed by atoms with E-state index in [1.165, 1.54) is 12.1 Å². The number of hydrogen-bond donors (Lipinski definition) is 1. The number of hydrogen-bond acceptors (Lipinski definition) is 4. The van der Waals surface area contributed by atoms with Gasteiger partial charge in [-0.2, -0.15) is 0 Å². The van der Waals surface area contributed by atoms with Crippen LogP contribution in [-0.4, -0.2) is 33.1 Å². The molecule has 3 atom stereocenters. The van der Waals surface area contributed by atoms with Gasteiger partial charge in [0, 0.05) is 49.9 Å². The van der Waals surface area contributed by atoms with Crippen molar-refractivity contribution in [2.24, 2.45) is 11.8 Å². The Kier molecular flexibility index (Phi) is 4.76. The highest BCUT2D eigenvalue weighted by Crippen LogP contribution is 2.48. The van der Waals surface area contributed by atoms with Crippen molar-refractivity contribution in [1.29, 1.82) is 0 Å². The Morgan fingerprint density at radius 3 is 2.62 bits per heavy atom. The van der Waals surface area contributed by atoms with E-state index in [0.29, 0.717) is 5.92 Å². The van der Waals surface area contributed by atoms with Crippen LogP contribution in [0.5, 0.6) is 0 Å². The molecule has 2 aliphatic rings. The first kappa shape index (κ1) is 17.6. The second kappa shape index (κ2) is 7.05. The summed E-state index contributed by atoms with van der Waals surface area (Å²) in [5, 5.41) is 11.5. The molecule has 1 N–H and O–H groups in total. The molecule has 0 amide bonds. The fraction of sp³-hybridized carbons (Fsp3) is 0.524. The fourth-order valence-corrected chi connectivity index (χ4v) is 4.74. The highest BCUT2D eigenvalue weighted by atomic mass is 19.1. The van der Waals surface area contributed by atoms with Crippen molar-refractivity contribution in [3.8, 4) is 0 Å². The first-order valence-electron chi connectivity index (χ1n) is 9.59. The number of aliphatic hydroxyl groups is 1. The summed E-state index contributed by atoms with van der Waals surface area (Å²) in [5.74, 6) is 1.29. The van der Waals surface area contributed by atoms with E-state index in [2.05, 4.69) is 21.8 Å². The van der Waals surface area contributed by atoms with E-state index >= 15 is 0 Å². The molecule has 1 aliphatic carbocycles. The minimum atomic E-state index is -0.853. The summed E-state index contributed by atoms with van der Waals surface area (Å²) in [7, 11) is 0. The number of halogens is 1. The van der Waals surface area contributed by atoms with E-state index in [9.17, 15) is 9.50 Å². The molecule has 1 saturated heterocycles. The zero-order valence-corrected chi connectivity index (χ0v) is 15.2. The Morgan fingerprint density at radius 1 is 1.19 bits per heavy atom. The molecule has 2 fully saturated rings. The van der Waals surface area contributed by atoms with Gasteiger partial charge in [0.1, 0.15) is 11.6 Å². The van der Waals surface area contributed by atoms with Crippen LogP contribution >= 0.6 is 0 Å². The highest BCUT2D eigenvalue weighted by molar-refractivity contribution is 5.26. The lowest BCUT2D eigenvalue weighted by Gasteiger charge is -2.41. The largest absolute Gasteiger partial charge is 0.385 e. The van der Waals surface area contributed by atoms with Crippen LogP contribution < -0.4 is 0 Å². The smallest absolute Gasteiger partial charge is 0.127 e. The van der Waals surface area contributed by atoms with E-state index in [4.69, 9.17) is 0 Å². The van der Waals surface area contributed by atoms with Crippen molar-refractivity contribution < 1.29 is 9.50 Å². The molecule has 1 aromatic heterocycles. The van der Waals surface area contributed by atoms with Crippen molar-refractivity contribution in [1.82, 2.24) is 14.9 Å². The van der Waals surface area contributed by atoms with Crippen molar-refractivity contribution in [3.05, 3.63) is 59.4 Å². The maximum atomic E-state index is 13.3. The zero-order chi connectivity index (χ0) is 18.1. The van der Waals surface area contributed by atoms with Crippen LogP contribution in [0.4, 0.5) is 4.39 Å². The summed E-state index contributed by atoms with van der Waals surface area (Å²) in [5.41, 5.74) is 1.12. The predicted molar refractivity (Wildman–Crippen MR) is 97.8 cm³/mol. The second-order valence-corrected chi connectivity index (χ2v) is 7.75. The lowest BCUT2D eigenvalue weighted by molar-refractivity contribution is -0.0648. The summed E-state index contributed by atoms with van der Waals surface area (Å²) in [6.45, 7) is 4.71. The molecule has 0 bridgehead atoms. The molecule has 0 unspecified atom stereocenters. The molecule has 4 rings (SSSR count). The number of likely N-dealkylation sites (tertiary alicyclic amines) is 1. The molecule has 2 heterocycles. The quantitative estimate of drug-likeness (QED) is 0.914. The Labute approximate surface area is 154 Å². The molecular formula is C21H26FN3O. The Bertz CT molecular complexity index is 749. The first-order valence-corrected chi connectivity index (χ1v) is 9.59. The number of nitrogens with zero attached hydrogens (tertiary/aromatic N) is 3. The van der Waals surface area contributed by atoms with Gasteiger partial charge in [0.25, 0.3) is 0 Å². The summed E-state index contributed by atoms with van der Waals surface area (Å²) in [4.78, 5) is 11.2. The Hall–Kier alpha value is -1.85. The van der Waals surface area contributed by atoms with Gasteiger partial charge in [0.2, 0.25) is 0 Å². The van der Waals surface area contributed by atoms with Crippen LogP contribution in [0.15, 0.2) is 36.7 Å². The zero-order valence-electron chi connectivity index (χ0n) is 15.2. The minimum Gasteiger partial charge on any atom is -0.385 e. The van der Waals surface area contributed by atoms with Crippen LogP contribution in [0.2, 0.25) is 0 Å². The van der Waals surface area contributed by atoms with Crippen molar-refractivity contribution in [3.63, 3.8) is 0 Å². The third kappa shape index (κ3) is 3.26. The van der Waals surface area contributed by atoms with Crippen LogP contribution in [0.1, 0.15) is 43.1 Å². The van der Waals surface area contributed by atoms with Gasteiger partial charge in [-0.05, 0) is 42.9 Å². The van der Waals surface area contributed by atoms with Gasteiger partial charge < -0.3 is 5.11 Å². The van der Waals surface area contributed by atoms with Gasteiger partial charge >= 0.3 is 0 Å². The third-order valence-electron chi connectivity index (χ3n) is 6.09. The maximum absolute atomic E-state index is 13.3. The SMILES string of the molecule is CCc1ncc(CN2C[C@@H]3CCC[C@@](O)(c4ccc(F)cc4)[C@H]3C2)cn1. The highest BCUT2D eigenvalue weighted by Gasteiger charge is 2.49. The molecule has 1 aromatic carbocycles. The van der Waals surface area contributed by atoms with Crippen LogP contribution in [0, 0.1) is 17.7 Å². The Morgan fingerprint density at radius 2 is 1.92 bits per heavy atom. The van der Waals surface area contributed by atoms with E-state index in [-0.39, 0.29) is 11.7 Å². The summed E-state index contributed by atoms with van der Waals surface area (Å²) < 4.78 is 13.3. The molecule has 138 valence electrons. The molecule has 26 heavy (non-hydrogen) atoms. The molecular weight excluding hydrogens is 329 g/mol. The lowest BCUT2D eigenvalue weighted by atomic mass is 9.67. The van der Waals surface area contributed by atoms with Gasteiger partial charge in [0.15, 0.2) is 0 Å². The molecule has 5 heteroatoms. The number of fused-ring (bicyclic) bond motifs is 1. The van der Waals surface area contributed by atoms with Crippen molar-refractivity contribution >= 4 is 0 Å². The number of rotatable bonds is 4. The maximum Gasteiger partial charge on any atom is 0.127 e. The van der Waals surface area contributed by atoms with E-state index in [1.807, 2.05) is 12.4 Å². The summed E-state index contributed by atoms with van der Waals surface area (Å²) >= 11 is 0. The lowest BCUT2D eigenvalue weighted by Crippen LogP contribution is -2.42. The number of benzene rings is 1.